The second-order valence-corrected chi connectivity index (χ2v) is 10.9. The Morgan fingerprint density at radius 1 is 0.829 bits per heavy atom. The van der Waals surface area contributed by atoms with Crippen molar-refractivity contribution in [2.24, 2.45) is 5.92 Å². The Labute approximate surface area is 254 Å². The standard InChI is InChI=1S/C22H32N4O4.C6H4Cl2.C3H8/c27-20-14-23-12-13-30-19-6-2-1-4-17(19)5-3-11-24-22(29)18(10-9-16-7-8-16)26-21(28)15-25-20;7-5-3-1-2-4-6(5)8;1-3-2/h1-2,4,6,16,18,23H,3,5,7-15H2,(H,24,29)(H,25,27)(H,26,28);1-4H;3H2,1-2H3. The molecule has 0 saturated heterocycles. The number of halogens is 2. The Balaban J connectivity index is 0.000000449. The lowest BCUT2D eigenvalue weighted by molar-refractivity contribution is -0.129. The number of carbonyl (C=O) groups excluding carboxylic acids is 3. The van der Waals surface area contributed by atoms with Crippen LogP contribution in [0.5, 0.6) is 5.75 Å². The van der Waals surface area contributed by atoms with Crippen molar-refractivity contribution in [1.82, 2.24) is 21.3 Å². The van der Waals surface area contributed by atoms with Gasteiger partial charge in [0.2, 0.25) is 17.7 Å². The first kappa shape index (κ1) is 34.4. The summed E-state index contributed by atoms with van der Waals surface area (Å²) in [4.78, 5) is 36.8. The quantitative estimate of drug-likeness (QED) is 0.397. The van der Waals surface area contributed by atoms with E-state index in [4.69, 9.17) is 27.9 Å². The molecule has 1 saturated carbocycles. The Hall–Kier alpha value is -2.81. The van der Waals surface area contributed by atoms with Crippen molar-refractivity contribution in [2.45, 2.75) is 64.8 Å². The molecule has 4 rings (SSSR count). The zero-order valence-electron chi connectivity index (χ0n) is 24.1. The normalized spacial score (nSPS) is 18.6. The molecule has 8 nitrogen and oxygen atoms in total. The highest BCUT2D eigenvalue weighted by molar-refractivity contribution is 6.41. The van der Waals surface area contributed by atoms with Crippen molar-refractivity contribution in [3.63, 3.8) is 0 Å². The molecule has 1 unspecified atom stereocenters. The highest BCUT2D eigenvalue weighted by atomic mass is 35.5. The number of hydrogen-bond donors (Lipinski definition) is 4. The molecule has 0 bridgehead atoms. The molecule has 0 aromatic heterocycles. The van der Waals surface area contributed by atoms with Crippen LogP contribution in [0.25, 0.3) is 0 Å². The first-order valence-corrected chi connectivity index (χ1v) is 15.2. The highest BCUT2D eigenvalue weighted by Gasteiger charge is 2.26. The molecule has 41 heavy (non-hydrogen) atoms. The number of aryl methyl sites for hydroxylation is 1. The van der Waals surface area contributed by atoms with Crippen molar-refractivity contribution in [3.8, 4) is 5.75 Å². The summed E-state index contributed by atoms with van der Waals surface area (Å²) in [5, 5.41) is 12.5. The van der Waals surface area contributed by atoms with Crippen molar-refractivity contribution < 1.29 is 19.1 Å². The Bertz CT molecular complexity index is 1060. The summed E-state index contributed by atoms with van der Waals surface area (Å²) in [7, 11) is 0. The Morgan fingerprint density at radius 2 is 1.49 bits per heavy atom. The minimum Gasteiger partial charge on any atom is -0.492 e. The number of ether oxygens (including phenoxy) is 1. The summed E-state index contributed by atoms with van der Waals surface area (Å²) < 4.78 is 5.84. The van der Waals surface area contributed by atoms with E-state index < -0.39 is 6.04 Å². The van der Waals surface area contributed by atoms with Gasteiger partial charge in [-0.25, -0.2) is 0 Å². The van der Waals surface area contributed by atoms with Crippen LogP contribution in [0.1, 0.15) is 57.9 Å². The number of rotatable bonds is 3. The SMILES string of the molecule is CCC.Clc1ccccc1Cl.O=C1CNCCOc2ccccc2CCCNC(=O)C(CCC2CC2)NC(=O)CN1. The van der Waals surface area contributed by atoms with Gasteiger partial charge in [-0.3, -0.25) is 14.4 Å². The third-order valence-corrected chi connectivity index (χ3v) is 6.96. The molecule has 1 heterocycles. The van der Waals surface area contributed by atoms with Gasteiger partial charge in [-0.15, -0.1) is 0 Å². The van der Waals surface area contributed by atoms with Crippen LogP contribution in [-0.2, 0) is 20.8 Å². The molecule has 1 atom stereocenters. The molecule has 0 spiro atoms. The van der Waals surface area contributed by atoms with Gasteiger partial charge in [0.15, 0.2) is 0 Å². The van der Waals surface area contributed by atoms with Gasteiger partial charge in [0.1, 0.15) is 18.4 Å². The average Bonchev–Trinajstić information content (AvgIpc) is 3.79. The van der Waals surface area contributed by atoms with Crippen LogP contribution in [0.3, 0.4) is 0 Å². The number of nitrogens with one attached hydrogen (secondary N) is 4. The van der Waals surface area contributed by atoms with Gasteiger partial charge in [0.05, 0.1) is 23.1 Å². The predicted molar refractivity (Wildman–Crippen MR) is 165 cm³/mol. The summed E-state index contributed by atoms with van der Waals surface area (Å²) in [5.41, 5.74) is 1.09. The largest absolute Gasteiger partial charge is 0.492 e. The number of fused-ring (bicyclic) bond motifs is 1. The van der Waals surface area contributed by atoms with Gasteiger partial charge >= 0.3 is 0 Å². The molecule has 4 N–H and O–H groups in total. The van der Waals surface area contributed by atoms with Gasteiger partial charge in [0, 0.05) is 13.1 Å². The Morgan fingerprint density at radius 3 is 2.15 bits per heavy atom. The fourth-order valence-electron chi connectivity index (χ4n) is 3.90. The number of carbonyl (C=O) groups is 3. The van der Waals surface area contributed by atoms with Crippen LogP contribution in [0.4, 0.5) is 0 Å². The fourth-order valence-corrected chi connectivity index (χ4v) is 4.18. The van der Waals surface area contributed by atoms with E-state index in [0.717, 1.165) is 30.6 Å². The predicted octanol–water partition coefficient (Wildman–Crippen LogP) is 4.92. The summed E-state index contributed by atoms with van der Waals surface area (Å²) in [5.74, 6) is 0.710. The third kappa shape index (κ3) is 15.1. The third-order valence-electron chi connectivity index (χ3n) is 6.20. The van der Waals surface area contributed by atoms with Gasteiger partial charge in [-0.05, 0) is 55.4 Å². The van der Waals surface area contributed by atoms with E-state index in [2.05, 4.69) is 35.1 Å². The number of benzene rings is 2. The minimum absolute atomic E-state index is 0.101. The molecule has 0 radical (unpaired) electrons. The zero-order chi connectivity index (χ0) is 29.9. The van der Waals surface area contributed by atoms with Crippen LogP contribution in [0.15, 0.2) is 48.5 Å². The molecule has 1 aliphatic heterocycles. The van der Waals surface area contributed by atoms with Crippen molar-refractivity contribution in [1.29, 1.82) is 0 Å². The first-order chi connectivity index (χ1) is 19.8. The Kier molecular flexibility index (Phi) is 16.9. The molecule has 1 fully saturated rings. The summed E-state index contributed by atoms with van der Waals surface area (Å²) in [6.07, 6.45) is 6.77. The van der Waals surface area contributed by atoms with Gasteiger partial charge in [-0.1, -0.05) is 86.6 Å². The number of hydrogen-bond acceptors (Lipinski definition) is 5. The molecule has 3 amide bonds. The fraction of sp³-hybridized carbons (Fsp3) is 0.516. The lowest BCUT2D eigenvalue weighted by Gasteiger charge is -2.19. The summed E-state index contributed by atoms with van der Waals surface area (Å²) in [6.45, 7) is 5.69. The second kappa shape index (κ2) is 20.1. The molecular formula is C31H44Cl2N4O4. The molecule has 10 heteroatoms. The van der Waals surface area contributed by atoms with Crippen LogP contribution in [0, 0.1) is 5.92 Å². The summed E-state index contributed by atoms with van der Waals surface area (Å²) in [6, 6.07) is 14.5. The minimum atomic E-state index is -0.567. The molecule has 2 aromatic carbocycles. The lowest BCUT2D eigenvalue weighted by Crippen LogP contribution is -2.50. The molecular weight excluding hydrogens is 563 g/mol. The van der Waals surface area contributed by atoms with Gasteiger partial charge < -0.3 is 26.0 Å². The van der Waals surface area contributed by atoms with E-state index >= 15 is 0 Å². The first-order valence-electron chi connectivity index (χ1n) is 14.5. The van der Waals surface area contributed by atoms with Crippen molar-refractivity contribution >= 4 is 40.9 Å². The topological polar surface area (TPSA) is 109 Å². The van der Waals surface area contributed by atoms with E-state index in [1.54, 1.807) is 12.1 Å². The number of para-hydroxylation sites is 1. The van der Waals surface area contributed by atoms with Gasteiger partial charge in [0.25, 0.3) is 0 Å². The average molecular weight is 608 g/mol. The second-order valence-electron chi connectivity index (χ2n) is 10.1. The molecule has 226 valence electrons. The van der Waals surface area contributed by atoms with Gasteiger partial charge in [-0.2, -0.15) is 0 Å². The van der Waals surface area contributed by atoms with Crippen LogP contribution < -0.4 is 26.0 Å². The molecule has 2 aliphatic rings. The monoisotopic (exact) mass is 606 g/mol. The van der Waals surface area contributed by atoms with E-state index in [9.17, 15) is 14.4 Å². The zero-order valence-corrected chi connectivity index (χ0v) is 25.7. The smallest absolute Gasteiger partial charge is 0.242 e. The van der Waals surface area contributed by atoms with E-state index in [1.165, 1.54) is 19.3 Å². The van der Waals surface area contributed by atoms with E-state index in [1.807, 2.05) is 36.4 Å². The summed E-state index contributed by atoms with van der Waals surface area (Å²) >= 11 is 11.2. The maximum Gasteiger partial charge on any atom is 0.242 e. The van der Waals surface area contributed by atoms with Crippen LogP contribution in [0.2, 0.25) is 10.0 Å². The maximum absolute atomic E-state index is 12.6. The maximum atomic E-state index is 12.6. The number of amides is 3. The van der Waals surface area contributed by atoms with E-state index in [0.29, 0.717) is 42.1 Å². The highest BCUT2D eigenvalue weighted by Crippen LogP contribution is 2.33. The lowest BCUT2D eigenvalue weighted by atomic mass is 10.1. The van der Waals surface area contributed by atoms with Crippen LogP contribution in [-0.4, -0.2) is 56.5 Å². The molecule has 1 aliphatic carbocycles. The van der Waals surface area contributed by atoms with Crippen LogP contribution >= 0.6 is 23.2 Å². The van der Waals surface area contributed by atoms with Crippen molar-refractivity contribution in [2.75, 3.05) is 32.8 Å². The van der Waals surface area contributed by atoms with Crippen molar-refractivity contribution in [3.05, 3.63) is 64.1 Å². The van der Waals surface area contributed by atoms with E-state index in [-0.39, 0.29) is 30.8 Å². The molecule has 2 aromatic rings.